The van der Waals surface area contributed by atoms with Crippen LogP contribution in [0.2, 0.25) is 0 Å². The van der Waals surface area contributed by atoms with Crippen LogP contribution in [0.5, 0.6) is 0 Å². The highest BCUT2D eigenvalue weighted by Crippen LogP contribution is 2.30. The van der Waals surface area contributed by atoms with Gasteiger partial charge in [-0.25, -0.2) is 4.39 Å². The van der Waals surface area contributed by atoms with Crippen LogP contribution in [0.25, 0.3) is 0 Å². The van der Waals surface area contributed by atoms with Gasteiger partial charge >= 0.3 is 0 Å². The second-order valence-corrected chi connectivity index (χ2v) is 3.65. The summed E-state index contributed by atoms with van der Waals surface area (Å²) in [7, 11) is 0. The average molecular weight is 195 g/mol. The van der Waals surface area contributed by atoms with E-state index in [4.69, 9.17) is 10.5 Å². The molecular weight excluding hydrogens is 181 g/mol. The average Bonchev–Trinajstić information content (AvgIpc) is 2.67. The molecule has 0 aromatic heterocycles. The summed E-state index contributed by atoms with van der Waals surface area (Å²) in [4.78, 5) is 0. The smallest absolute Gasteiger partial charge is 0.126 e. The van der Waals surface area contributed by atoms with Gasteiger partial charge in [-0.2, -0.15) is 0 Å². The first-order chi connectivity index (χ1) is 6.81. The fraction of sp³-hybridized carbons (Fsp3) is 0.455. The molecule has 1 aliphatic rings. The van der Waals surface area contributed by atoms with Gasteiger partial charge in [0.1, 0.15) is 5.82 Å². The Labute approximate surface area is 82.9 Å². The van der Waals surface area contributed by atoms with E-state index in [0.717, 1.165) is 12.0 Å². The minimum Gasteiger partial charge on any atom is -0.376 e. The third-order valence-corrected chi connectivity index (χ3v) is 2.69. The molecule has 1 heterocycles. The lowest BCUT2D eigenvalue weighted by molar-refractivity contribution is 0.115. The summed E-state index contributed by atoms with van der Waals surface area (Å²) >= 11 is 0. The van der Waals surface area contributed by atoms with E-state index in [-0.39, 0.29) is 17.8 Å². The SMILES string of the molecule is NC[C@@H]1C[C@H](c2ccccc2F)CO1. The number of halogens is 1. The van der Waals surface area contributed by atoms with Crippen LogP contribution in [-0.4, -0.2) is 19.3 Å². The van der Waals surface area contributed by atoms with Crippen molar-refractivity contribution < 1.29 is 9.13 Å². The molecule has 14 heavy (non-hydrogen) atoms. The third kappa shape index (κ3) is 1.79. The molecule has 2 N–H and O–H groups in total. The zero-order valence-electron chi connectivity index (χ0n) is 7.95. The molecule has 0 aliphatic carbocycles. The second kappa shape index (κ2) is 4.07. The maximum absolute atomic E-state index is 13.4. The molecule has 2 rings (SSSR count). The number of nitrogens with two attached hydrogens (primary N) is 1. The van der Waals surface area contributed by atoms with Crippen LogP contribution >= 0.6 is 0 Å². The van der Waals surface area contributed by atoms with E-state index < -0.39 is 0 Å². The van der Waals surface area contributed by atoms with Crippen LogP contribution in [0.1, 0.15) is 17.9 Å². The standard InChI is InChI=1S/C11H14FNO/c12-11-4-2-1-3-10(11)8-5-9(6-13)14-7-8/h1-4,8-9H,5-7,13H2/t8-,9-/m0/s1. The number of hydrogen-bond donors (Lipinski definition) is 1. The van der Waals surface area contributed by atoms with E-state index >= 15 is 0 Å². The topological polar surface area (TPSA) is 35.2 Å². The van der Waals surface area contributed by atoms with Gasteiger partial charge in [0.05, 0.1) is 12.7 Å². The molecule has 76 valence electrons. The Morgan fingerprint density at radius 3 is 2.86 bits per heavy atom. The maximum Gasteiger partial charge on any atom is 0.126 e. The zero-order chi connectivity index (χ0) is 9.97. The number of ether oxygens (including phenoxy) is 1. The van der Waals surface area contributed by atoms with Crippen molar-refractivity contribution in [3.63, 3.8) is 0 Å². The second-order valence-electron chi connectivity index (χ2n) is 3.65. The summed E-state index contributed by atoms with van der Waals surface area (Å²) in [6, 6.07) is 6.87. The molecule has 3 heteroatoms. The molecule has 2 atom stereocenters. The van der Waals surface area contributed by atoms with E-state index in [1.54, 1.807) is 6.07 Å². The van der Waals surface area contributed by atoms with E-state index in [1.807, 2.05) is 12.1 Å². The van der Waals surface area contributed by atoms with Crippen molar-refractivity contribution in [2.45, 2.75) is 18.4 Å². The van der Waals surface area contributed by atoms with Crippen LogP contribution < -0.4 is 5.73 Å². The predicted molar refractivity (Wildman–Crippen MR) is 52.6 cm³/mol. The molecule has 0 saturated carbocycles. The van der Waals surface area contributed by atoms with Gasteiger partial charge in [0.25, 0.3) is 0 Å². The first kappa shape index (κ1) is 9.62. The van der Waals surface area contributed by atoms with Crippen molar-refractivity contribution in [1.29, 1.82) is 0 Å². The molecule has 1 aromatic carbocycles. The first-order valence-electron chi connectivity index (χ1n) is 4.87. The summed E-state index contributed by atoms with van der Waals surface area (Å²) in [5, 5.41) is 0. The summed E-state index contributed by atoms with van der Waals surface area (Å²) in [6.45, 7) is 1.10. The minimum atomic E-state index is -0.140. The highest BCUT2D eigenvalue weighted by atomic mass is 19.1. The Morgan fingerprint density at radius 1 is 1.43 bits per heavy atom. The van der Waals surface area contributed by atoms with Crippen molar-refractivity contribution in [1.82, 2.24) is 0 Å². The Balaban J connectivity index is 2.13. The quantitative estimate of drug-likeness (QED) is 0.778. The molecule has 1 aliphatic heterocycles. The molecule has 2 nitrogen and oxygen atoms in total. The van der Waals surface area contributed by atoms with Crippen molar-refractivity contribution in [2.24, 2.45) is 5.73 Å². The summed E-state index contributed by atoms with van der Waals surface area (Å²) in [5.74, 6) is 0.0310. The van der Waals surface area contributed by atoms with Gasteiger partial charge in [0.2, 0.25) is 0 Å². The van der Waals surface area contributed by atoms with E-state index in [2.05, 4.69) is 0 Å². The number of hydrogen-bond acceptors (Lipinski definition) is 2. The predicted octanol–water partition coefficient (Wildman–Crippen LogP) is 1.66. The van der Waals surface area contributed by atoms with Gasteiger partial charge < -0.3 is 10.5 Å². The van der Waals surface area contributed by atoms with E-state index in [1.165, 1.54) is 6.07 Å². The van der Waals surface area contributed by atoms with Crippen LogP contribution in [0.4, 0.5) is 4.39 Å². The van der Waals surface area contributed by atoms with Crippen LogP contribution in [0, 0.1) is 5.82 Å². The summed E-state index contributed by atoms with van der Waals surface area (Å²) in [5.41, 5.74) is 6.25. The Bertz CT molecular complexity index is 316. The zero-order valence-corrected chi connectivity index (χ0v) is 7.95. The molecule has 1 fully saturated rings. The molecule has 0 radical (unpaired) electrons. The Morgan fingerprint density at radius 2 is 2.21 bits per heavy atom. The molecular formula is C11H14FNO. The molecule has 1 saturated heterocycles. The first-order valence-corrected chi connectivity index (χ1v) is 4.87. The number of rotatable bonds is 2. The Kier molecular flexibility index (Phi) is 2.79. The van der Waals surface area contributed by atoms with Gasteiger partial charge in [0.15, 0.2) is 0 Å². The molecule has 0 bridgehead atoms. The summed E-state index contributed by atoms with van der Waals surface area (Å²) < 4.78 is 18.8. The fourth-order valence-electron chi connectivity index (χ4n) is 1.89. The molecule has 0 unspecified atom stereocenters. The van der Waals surface area contributed by atoms with Crippen molar-refractivity contribution in [3.8, 4) is 0 Å². The third-order valence-electron chi connectivity index (χ3n) is 2.69. The van der Waals surface area contributed by atoms with Gasteiger partial charge in [0, 0.05) is 12.5 Å². The molecule has 1 aromatic rings. The van der Waals surface area contributed by atoms with Crippen LogP contribution in [0.15, 0.2) is 24.3 Å². The van der Waals surface area contributed by atoms with E-state index in [0.29, 0.717) is 13.2 Å². The van der Waals surface area contributed by atoms with Crippen LogP contribution in [-0.2, 0) is 4.74 Å². The van der Waals surface area contributed by atoms with Gasteiger partial charge in [-0.05, 0) is 18.1 Å². The van der Waals surface area contributed by atoms with Gasteiger partial charge in [-0.1, -0.05) is 18.2 Å². The highest BCUT2D eigenvalue weighted by Gasteiger charge is 2.27. The normalized spacial score (nSPS) is 26.7. The van der Waals surface area contributed by atoms with Crippen molar-refractivity contribution in [2.75, 3.05) is 13.2 Å². The largest absolute Gasteiger partial charge is 0.376 e. The number of benzene rings is 1. The van der Waals surface area contributed by atoms with Crippen molar-refractivity contribution >= 4 is 0 Å². The van der Waals surface area contributed by atoms with E-state index in [9.17, 15) is 4.39 Å². The molecule has 0 amide bonds. The lowest BCUT2D eigenvalue weighted by atomic mass is 9.96. The minimum absolute atomic E-state index is 0.0969. The maximum atomic E-state index is 13.4. The monoisotopic (exact) mass is 195 g/mol. The van der Waals surface area contributed by atoms with Gasteiger partial charge in [-0.15, -0.1) is 0 Å². The highest BCUT2D eigenvalue weighted by molar-refractivity contribution is 5.22. The van der Waals surface area contributed by atoms with Crippen LogP contribution in [0.3, 0.4) is 0 Å². The summed E-state index contributed by atoms with van der Waals surface area (Å²) in [6.07, 6.45) is 0.928. The fourth-order valence-corrected chi connectivity index (χ4v) is 1.89. The molecule has 0 spiro atoms. The lowest BCUT2D eigenvalue weighted by Crippen LogP contribution is -2.18. The van der Waals surface area contributed by atoms with Crippen molar-refractivity contribution in [3.05, 3.63) is 35.6 Å². The lowest BCUT2D eigenvalue weighted by Gasteiger charge is -2.08. The van der Waals surface area contributed by atoms with Gasteiger partial charge in [-0.3, -0.25) is 0 Å². The Hall–Kier alpha value is -0.930.